The molecule has 0 fully saturated rings. The first-order valence-corrected chi connectivity index (χ1v) is 8.74. The number of ether oxygens (including phenoxy) is 2. The maximum atomic E-state index is 13.6. The highest BCUT2D eigenvalue weighted by molar-refractivity contribution is 6.30. The molecule has 0 aliphatic carbocycles. The Kier molecular flexibility index (Phi) is 5.81. The zero-order valence-electron chi connectivity index (χ0n) is 14.5. The molecule has 8 heteroatoms. The summed E-state index contributed by atoms with van der Waals surface area (Å²) < 4.78 is 24.4. The predicted molar refractivity (Wildman–Crippen MR) is 96.9 cm³/mol. The van der Waals surface area contributed by atoms with E-state index in [2.05, 4.69) is 10.9 Å². The first-order chi connectivity index (χ1) is 12.9. The molecule has 0 bridgehead atoms. The van der Waals surface area contributed by atoms with Crippen LogP contribution in [-0.4, -0.2) is 24.5 Å². The number of benzene rings is 2. The van der Waals surface area contributed by atoms with E-state index in [1.165, 1.54) is 25.1 Å². The zero-order chi connectivity index (χ0) is 19.4. The third-order valence-electron chi connectivity index (χ3n) is 4.12. The lowest BCUT2D eigenvalue weighted by atomic mass is 9.96. The third kappa shape index (κ3) is 4.68. The average Bonchev–Trinajstić information content (AvgIpc) is 2.66. The molecule has 3 rings (SSSR count). The van der Waals surface area contributed by atoms with Gasteiger partial charge in [0.1, 0.15) is 12.4 Å². The van der Waals surface area contributed by atoms with Gasteiger partial charge in [0.2, 0.25) is 5.91 Å². The highest BCUT2D eigenvalue weighted by Crippen LogP contribution is 2.29. The Labute approximate surface area is 160 Å². The monoisotopic (exact) mass is 392 g/mol. The largest absolute Gasteiger partial charge is 0.492 e. The van der Waals surface area contributed by atoms with Crippen LogP contribution in [0.2, 0.25) is 5.02 Å². The van der Waals surface area contributed by atoms with Gasteiger partial charge in [-0.2, -0.15) is 0 Å². The van der Waals surface area contributed by atoms with Gasteiger partial charge in [-0.3, -0.25) is 20.4 Å². The molecule has 6 nitrogen and oxygen atoms in total. The van der Waals surface area contributed by atoms with Crippen LogP contribution in [0.25, 0.3) is 0 Å². The van der Waals surface area contributed by atoms with E-state index in [0.29, 0.717) is 17.2 Å². The summed E-state index contributed by atoms with van der Waals surface area (Å²) in [4.78, 5) is 24.4. The Morgan fingerprint density at radius 2 is 2.04 bits per heavy atom. The fourth-order valence-electron chi connectivity index (χ4n) is 2.64. The Hall–Kier alpha value is -2.80. The van der Waals surface area contributed by atoms with Crippen LogP contribution >= 0.6 is 11.6 Å². The molecule has 27 heavy (non-hydrogen) atoms. The van der Waals surface area contributed by atoms with Gasteiger partial charge in [-0.05, 0) is 49.2 Å². The van der Waals surface area contributed by atoms with Gasteiger partial charge in [0.25, 0.3) is 5.91 Å². The number of hydrazine groups is 1. The summed E-state index contributed by atoms with van der Waals surface area (Å²) in [7, 11) is 0. The van der Waals surface area contributed by atoms with Crippen LogP contribution < -0.4 is 20.3 Å². The lowest BCUT2D eigenvalue weighted by Crippen LogP contribution is -2.50. The van der Waals surface area contributed by atoms with Crippen molar-refractivity contribution >= 4 is 23.4 Å². The van der Waals surface area contributed by atoms with Crippen molar-refractivity contribution in [1.29, 1.82) is 0 Å². The summed E-state index contributed by atoms with van der Waals surface area (Å²) >= 11 is 5.97. The Balaban J connectivity index is 1.51. The normalized spacial score (nSPS) is 16.5. The topological polar surface area (TPSA) is 76.7 Å². The van der Waals surface area contributed by atoms with Crippen molar-refractivity contribution in [2.24, 2.45) is 5.92 Å². The van der Waals surface area contributed by atoms with Gasteiger partial charge < -0.3 is 9.47 Å². The van der Waals surface area contributed by atoms with E-state index >= 15 is 0 Å². The summed E-state index contributed by atoms with van der Waals surface area (Å²) in [5.74, 6) is -1.39. The Bertz CT molecular complexity index is 861. The number of carbonyl (C=O) groups excluding carboxylic acids is 2. The van der Waals surface area contributed by atoms with E-state index in [9.17, 15) is 14.0 Å². The van der Waals surface area contributed by atoms with Crippen LogP contribution in [0.1, 0.15) is 12.5 Å². The molecular weight excluding hydrogens is 375 g/mol. The number of hydrogen-bond donors (Lipinski definition) is 2. The molecule has 0 unspecified atom stereocenters. The lowest BCUT2D eigenvalue weighted by Gasteiger charge is -2.25. The van der Waals surface area contributed by atoms with Gasteiger partial charge in [0, 0.05) is 5.02 Å². The van der Waals surface area contributed by atoms with Gasteiger partial charge in [-0.1, -0.05) is 23.7 Å². The fourth-order valence-corrected chi connectivity index (χ4v) is 2.84. The summed E-state index contributed by atoms with van der Waals surface area (Å²) in [6, 6.07) is 11.0. The molecule has 2 aromatic carbocycles. The van der Waals surface area contributed by atoms with Gasteiger partial charge in [0.05, 0.1) is 5.92 Å². The molecule has 1 aliphatic heterocycles. The van der Waals surface area contributed by atoms with Crippen molar-refractivity contribution in [3.63, 3.8) is 0 Å². The SMILES string of the molecule is C[C@H](Oc1ccccc1F)C(=O)NNC(=O)[C@@H]1COc2ccc(Cl)cc2C1. The third-order valence-corrected chi connectivity index (χ3v) is 4.35. The highest BCUT2D eigenvalue weighted by atomic mass is 35.5. The van der Waals surface area contributed by atoms with E-state index in [1.807, 2.05) is 0 Å². The number of hydrogen-bond acceptors (Lipinski definition) is 4. The second kappa shape index (κ2) is 8.26. The van der Waals surface area contributed by atoms with Crippen LogP contribution in [0.15, 0.2) is 42.5 Å². The number of halogens is 2. The van der Waals surface area contributed by atoms with Crippen LogP contribution in [0, 0.1) is 11.7 Å². The molecule has 2 aromatic rings. The molecule has 0 aromatic heterocycles. The van der Waals surface area contributed by atoms with E-state index in [1.54, 1.807) is 24.3 Å². The quantitative estimate of drug-likeness (QED) is 0.784. The molecule has 0 spiro atoms. The molecule has 1 aliphatic rings. The van der Waals surface area contributed by atoms with E-state index in [-0.39, 0.29) is 12.4 Å². The minimum absolute atomic E-state index is 0.0411. The Morgan fingerprint density at radius 1 is 1.26 bits per heavy atom. The predicted octanol–water partition coefficient (Wildman–Crippen LogP) is 2.65. The van der Waals surface area contributed by atoms with Crippen molar-refractivity contribution in [2.75, 3.05) is 6.61 Å². The molecule has 2 N–H and O–H groups in total. The fraction of sp³-hybridized carbons (Fsp3) is 0.263. The van der Waals surface area contributed by atoms with Crippen LogP contribution in [0.4, 0.5) is 4.39 Å². The van der Waals surface area contributed by atoms with E-state index in [0.717, 1.165) is 5.56 Å². The van der Waals surface area contributed by atoms with Gasteiger partial charge in [0.15, 0.2) is 17.7 Å². The molecule has 0 saturated heterocycles. The lowest BCUT2D eigenvalue weighted by molar-refractivity contribution is -0.135. The van der Waals surface area contributed by atoms with Gasteiger partial charge in [-0.25, -0.2) is 4.39 Å². The first kappa shape index (κ1) is 19.0. The second-order valence-electron chi connectivity index (χ2n) is 6.13. The number of carbonyl (C=O) groups is 2. The summed E-state index contributed by atoms with van der Waals surface area (Å²) in [5.41, 5.74) is 5.47. The number of rotatable bonds is 4. The highest BCUT2D eigenvalue weighted by Gasteiger charge is 2.27. The minimum atomic E-state index is -0.996. The first-order valence-electron chi connectivity index (χ1n) is 8.36. The standard InChI is InChI=1S/C19H18ClFN2O4/c1-11(27-17-5-3-2-4-15(17)21)18(24)22-23-19(25)13-8-12-9-14(20)6-7-16(12)26-10-13/h2-7,9,11,13H,8,10H2,1H3,(H,22,24)(H,23,25)/t11-,13-/m0/s1. The smallest absolute Gasteiger partial charge is 0.279 e. The molecule has 2 amide bonds. The van der Waals surface area contributed by atoms with Crippen LogP contribution in [0.3, 0.4) is 0 Å². The average molecular weight is 393 g/mol. The summed E-state index contributed by atoms with van der Waals surface area (Å²) in [6.07, 6.45) is -0.553. The van der Waals surface area contributed by atoms with Crippen molar-refractivity contribution < 1.29 is 23.5 Å². The van der Waals surface area contributed by atoms with E-state index in [4.69, 9.17) is 21.1 Å². The molecular formula is C19H18ClFN2O4. The summed E-state index contributed by atoms with van der Waals surface area (Å²) in [6.45, 7) is 1.65. The van der Waals surface area contributed by atoms with Crippen LogP contribution in [0.5, 0.6) is 11.5 Å². The molecule has 0 radical (unpaired) electrons. The number of nitrogens with one attached hydrogen (secondary N) is 2. The minimum Gasteiger partial charge on any atom is -0.492 e. The zero-order valence-corrected chi connectivity index (χ0v) is 15.3. The van der Waals surface area contributed by atoms with Crippen molar-refractivity contribution in [3.8, 4) is 11.5 Å². The molecule has 142 valence electrons. The van der Waals surface area contributed by atoms with Crippen LogP contribution in [-0.2, 0) is 16.0 Å². The van der Waals surface area contributed by atoms with Gasteiger partial charge >= 0.3 is 0 Å². The second-order valence-corrected chi connectivity index (χ2v) is 6.57. The number of amides is 2. The van der Waals surface area contributed by atoms with Crippen molar-refractivity contribution in [2.45, 2.75) is 19.4 Å². The summed E-state index contributed by atoms with van der Waals surface area (Å²) in [5, 5.41) is 0.561. The molecule has 0 saturated carbocycles. The molecule has 1 heterocycles. The number of para-hydroxylation sites is 1. The molecule has 2 atom stereocenters. The maximum Gasteiger partial charge on any atom is 0.279 e. The number of fused-ring (bicyclic) bond motifs is 1. The van der Waals surface area contributed by atoms with Crippen molar-refractivity contribution in [1.82, 2.24) is 10.9 Å². The maximum absolute atomic E-state index is 13.6. The Morgan fingerprint density at radius 3 is 2.81 bits per heavy atom. The van der Waals surface area contributed by atoms with Gasteiger partial charge in [-0.15, -0.1) is 0 Å². The van der Waals surface area contributed by atoms with E-state index < -0.39 is 29.7 Å². The van der Waals surface area contributed by atoms with Crippen molar-refractivity contribution in [3.05, 3.63) is 58.9 Å².